The zero-order chi connectivity index (χ0) is 13.3. The van der Waals surface area contributed by atoms with E-state index < -0.39 is 0 Å². The van der Waals surface area contributed by atoms with Crippen molar-refractivity contribution in [3.05, 3.63) is 10.5 Å². The molecule has 2 aliphatic rings. The Morgan fingerprint density at radius 1 is 1.47 bits per heavy atom. The summed E-state index contributed by atoms with van der Waals surface area (Å²) in [5.41, 5.74) is 0.145. The fourth-order valence-corrected chi connectivity index (χ4v) is 4.30. The van der Waals surface area contributed by atoms with Gasteiger partial charge in [0.25, 0.3) is 0 Å². The number of thioether (sulfide) groups is 1. The van der Waals surface area contributed by atoms with Crippen LogP contribution in [0, 0.1) is 5.41 Å². The normalized spacial score (nSPS) is 22.6. The van der Waals surface area contributed by atoms with Gasteiger partial charge >= 0.3 is 5.69 Å². The minimum atomic E-state index is -0.0723. The molecular formula is C12H19N3O2S2. The third kappa shape index (κ3) is 2.87. The largest absolute Gasteiger partial charge is 0.381 e. The molecule has 0 spiro atoms. The van der Waals surface area contributed by atoms with E-state index in [1.54, 1.807) is 11.8 Å². The number of H-pyrrole nitrogens is 1. The average Bonchev–Trinajstić information content (AvgIpc) is 3.21. The molecule has 0 aromatic carbocycles. The van der Waals surface area contributed by atoms with Crippen LogP contribution >= 0.6 is 24.4 Å². The van der Waals surface area contributed by atoms with E-state index >= 15 is 0 Å². The number of thiol groups is 1. The van der Waals surface area contributed by atoms with Gasteiger partial charge in [-0.2, -0.15) is 12.6 Å². The highest BCUT2D eigenvalue weighted by Gasteiger charge is 2.33. The zero-order valence-corrected chi connectivity index (χ0v) is 12.5. The summed E-state index contributed by atoms with van der Waals surface area (Å²) in [5.74, 6) is 1.82. The van der Waals surface area contributed by atoms with E-state index in [1.807, 2.05) is 4.57 Å². The maximum atomic E-state index is 11.7. The Labute approximate surface area is 121 Å². The Morgan fingerprint density at radius 2 is 2.21 bits per heavy atom. The van der Waals surface area contributed by atoms with Crippen LogP contribution < -0.4 is 5.69 Å². The number of hydrogen-bond donors (Lipinski definition) is 2. The highest BCUT2D eigenvalue weighted by Crippen LogP contribution is 2.40. The molecule has 1 aliphatic heterocycles. The van der Waals surface area contributed by atoms with E-state index in [0.717, 1.165) is 55.6 Å². The quantitative estimate of drug-likeness (QED) is 0.642. The number of nitrogens with zero attached hydrogens (tertiary/aromatic N) is 2. The minimum absolute atomic E-state index is 0.0723. The number of hydrogen-bond acceptors (Lipinski definition) is 5. The first kappa shape index (κ1) is 13.6. The Morgan fingerprint density at radius 3 is 2.84 bits per heavy atom. The van der Waals surface area contributed by atoms with Crippen molar-refractivity contribution in [2.75, 3.05) is 24.7 Å². The maximum absolute atomic E-state index is 11.7. The topological polar surface area (TPSA) is 59.9 Å². The van der Waals surface area contributed by atoms with Gasteiger partial charge in [0.1, 0.15) is 0 Å². The molecule has 19 heavy (non-hydrogen) atoms. The molecule has 1 aliphatic carbocycles. The van der Waals surface area contributed by atoms with Gasteiger partial charge in [-0.05, 0) is 36.9 Å². The molecule has 106 valence electrons. The summed E-state index contributed by atoms with van der Waals surface area (Å²) in [6.45, 7) is 1.63. The Kier molecular flexibility index (Phi) is 3.96. The second kappa shape index (κ2) is 5.54. The van der Waals surface area contributed by atoms with Crippen LogP contribution in [0.15, 0.2) is 9.95 Å². The van der Waals surface area contributed by atoms with Crippen LogP contribution in [0.2, 0.25) is 0 Å². The summed E-state index contributed by atoms with van der Waals surface area (Å²) < 4.78 is 7.25. The SMILES string of the molecule is O=c1[nH]nc(SCC2(CS)CCOCC2)n1C1CC1. The molecule has 1 aromatic rings. The lowest BCUT2D eigenvalue weighted by Gasteiger charge is -2.35. The fraction of sp³-hybridized carbons (Fsp3) is 0.833. The van der Waals surface area contributed by atoms with Gasteiger partial charge in [0.2, 0.25) is 0 Å². The summed E-state index contributed by atoms with van der Waals surface area (Å²) in [6, 6.07) is 0.371. The molecule has 1 N–H and O–H groups in total. The molecule has 2 heterocycles. The average molecular weight is 301 g/mol. The minimum Gasteiger partial charge on any atom is -0.381 e. The summed E-state index contributed by atoms with van der Waals surface area (Å²) in [7, 11) is 0. The van der Waals surface area contributed by atoms with Gasteiger partial charge in [-0.3, -0.25) is 4.57 Å². The van der Waals surface area contributed by atoms with E-state index in [-0.39, 0.29) is 11.1 Å². The summed E-state index contributed by atoms with van der Waals surface area (Å²) in [5, 5.41) is 7.56. The monoisotopic (exact) mass is 301 g/mol. The van der Waals surface area contributed by atoms with Crippen LogP contribution in [0.4, 0.5) is 0 Å². The molecule has 1 saturated heterocycles. The van der Waals surface area contributed by atoms with Crippen molar-refractivity contribution in [2.45, 2.75) is 36.9 Å². The molecule has 2 fully saturated rings. The van der Waals surface area contributed by atoms with E-state index in [0.29, 0.717) is 6.04 Å². The molecule has 5 nitrogen and oxygen atoms in total. The molecule has 0 unspecified atom stereocenters. The zero-order valence-electron chi connectivity index (χ0n) is 10.8. The van der Waals surface area contributed by atoms with Crippen molar-refractivity contribution < 1.29 is 4.74 Å². The number of rotatable bonds is 5. The second-order valence-corrected chi connectivity index (χ2v) is 6.73. The standard InChI is InChI=1S/C12H19N3O2S2/c16-10-13-14-11(15(10)9-1-2-9)19-8-12(7-18)3-5-17-6-4-12/h9,18H,1-8H2,(H,13,16). The van der Waals surface area contributed by atoms with Crippen LogP contribution in [-0.4, -0.2) is 39.5 Å². The maximum Gasteiger partial charge on any atom is 0.344 e. The fourth-order valence-electron chi connectivity index (χ4n) is 2.42. The highest BCUT2D eigenvalue weighted by atomic mass is 32.2. The lowest BCUT2D eigenvalue weighted by atomic mass is 9.84. The smallest absolute Gasteiger partial charge is 0.344 e. The van der Waals surface area contributed by atoms with Crippen LogP contribution in [0.5, 0.6) is 0 Å². The number of ether oxygens (including phenoxy) is 1. The third-order valence-electron chi connectivity index (χ3n) is 3.98. The van der Waals surface area contributed by atoms with Gasteiger partial charge in [0.05, 0.1) is 0 Å². The molecule has 7 heteroatoms. The summed E-state index contributed by atoms with van der Waals surface area (Å²) in [6.07, 6.45) is 4.28. The molecule has 1 saturated carbocycles. The van der Waals surface area contributed by atoms with Crippen molar-refractivity contribution in [1.29, 1.82) is 0 Å². The van der Waals surface area contributed by atoms with Crippen LogP contribution in [0.3, 0.4) is 0 Å². The van der Waals surface area contributed by atoms with E-state index in [2.05, 4.69) is 22.8 Å². The Bertz CT molecular complexity index is 489. The molecular weight excluding hydrogens is 282 g/mol. The van der Waals surface area contributed by atoms with Crippen LogP contribution in [-0.2, 0) is 4.74 Å². The molecule has 0 atom stereocenters. The van der Waals surface area contributed by atoms with Crippen molar-refractivity contribution >= 4 is 24.4 Å². The predicted octanol–water partition coefficient (Wildman–Crippen LogP) is 1.72. The van der Waals surface area contributed by atoms with Gasteiger partial charge in [-0.15, -0.1) is 5.10 Å². The van der Waals surface area contributed by atoms with E-state index in [4.69, 9.17) is 4.74 Å². The lowest BCUT2D eigenvalue weighted by Crippen LogP contribution is -2.33. The molecule has 1 aromatic heterocycles. The van der Waals surface area contributed by atoms with Crippen LogP contribution in [0.1, 0.15) is 31.7 Å². The van der Waals surface area contributed by atoms with Crippen molar-refractivity contribution in [3.8, 4) is 0 Å². The van der Waals surface area contributed by atoms with E-state index in [1.165, 1.54) is 0 Å². The van der Waals surface area contributed by atoms with Crippen molar-refractivity contribution in [1.82, 2.24) is 14.8 Å². The highest BCUT2D eigenvalue weighted by molar-refractivity contribution is 7.99. The van der Waals surface area contributed by atoms with Crippen LogP contribution in [0.25, 0.3) is 0 Å². The second-order valence-electron chi connectivity index (χ2n) is 5.47. The number of aromatic nitrogens is 3. The number of nitrogens with one attached hydrogen (secondary N) is 1. The van der Waals surface area contributed by atoms with Crippen molar-refractivity contribution in [3.63, 3.8) is 0 Å². The molecule has 0 amide bonds. The van der Waals surface area contributed by atoms with Gasteiger partial charge in [-0.25, -0.2) is 9.89 Å². The summed E-state index contributed by atoms with van der Waals surface area (Å²) in [4.78, 5) is 11.7. The van der Waals surface area contributed by atoms with Gasteiger partial charge in [-0.1, -0.05) is 11.8 Å². The molecule has 3 rings (SSSR count). The lowest BCUT2D eigenvalue weighted by molar-refractivity contribution is 0.0370. The molecule has 0 bridgehead atoms. The third-order valence-corrected chi connectivity index (χ3v) is 5.95. The van der Waals surface area contributed by atoms with E-state index in [9.17, 15) is 4.79 Å². The van der Waals surface area contributed by atoms with Gasteiger partial charge in [0.15, 0.2) is 5.16 Å². The summed E-state index contributed by atoms with van der Waals surface area (Å²) >= 11 is 6.20. The first-order chi connectivity index (χ1) is 9.24. The molecule has 0 radical (unpaired) electrons. The Balaban J connectivity index is 1.69. The van der Waals surface area contributed by atoms with Crippen molar-refractivity contribution in [2.24, 2.45) is 5.41 Å². The Hall–Kier alpha value is -0.400. The predicted molar refractivity (Wildman–Crippen MR) is 78.2 cm³/mol. The van der Waals surface area contributed by atoms with Gasteiger partial charge in [0, 0.05) is 25.0 Å². The van der Waals surface area contributed by atoms with Gasteiger partial charge < -0.3 is 4.74 Å². The first-order valence-corrected chi connectivity index (χ1v) is 8.34. The first-order valence-electron chi connectivity index (χ1n) is 6.72. The number of aromatic amines is 1.